The van der Waals surface area contributed by atoms with Gasteiger partial charge in [0.1, 0.15) is 0 Å². The van der Waals surface area contributed by atoms with E-state index in [-0.39, 0.29) is 0 Å². The summed E-state index contributed by atoms with van der Waals surface area (Å²) in [6.07, 6.45) is 5.61. The summed E-state index contributed by atoms with van der Waals surface area (Å²) in [5, 5.41) is 3.44. The molecule has 1 aliphatic heterocycles. The third-order valence-electron chi connectivity index (χ3n) is 2.44. The SMILES string of the molecule is C=C[C@H]1C=C(C)C[C@@H]2N[C@H]12. The van der Waals surface area contributed by atoms with Crippen molar-refractivity contribution in [1.82, 2.24) is 5.32 Å². The molecule has 1 aliphatic carbocycles. The van der Waals surface area contributed by atoms with Crippen LogP contribution in [0.4, 0.5) is 0 Å². The van der Waals surface area contributed by atoms with Gasteiger partial charge in [0.25, 0.3) is 0 Å². The van der Waals surface area contributed by atoms with E-state index < -0.39 is 0 Å². The molecule has 54 valence electrons. The topological polar surface area (TPSA) is 21.9 Å². The fourth-order valence-electron chi connectivity index (χ4n) is 1.82. The number of hydrogen-bond acceptors (Lipinski definition) is 1. The highest BCUT2D eigenvalue weighted by atomic mass is 15.2. The first-order valence-electron chi connectivity index (χ1n) is 3.87. The molecule has 1 heterocycles. The predicted molar refractivity (Wildman–Crippen MR) is 42.8 cm³/mol. The second-order valence-corrected chi connectivity index (χ2v) is 3.33. The quantitative estimate of drug-likeness (QED) is 0.427. The molecule has 0 aromatic rings. The second-order valence-electron chi connectivity index (χ2n) is 3.33. The molecule has 0 aromatic heterocycles. The van der Waals surface area contributed by atoms with E-state index in [1.165, 1.54) is 12.0 Å². The Morgan fingerprint density at radius 3 is 3.30 bits per heavy atom. The molecule has 3 atom stereocenters. The molecule has 1 fully saturated rings. The molecule has 1 saturated heterocycles. The number of rotatable bonds is 1. The average molecular weight is 135 g/mol. The molecule has 0 saturated carbocycles. The van der Waals surface area contributed by atoms with E-state index >= 15 is 0 Å². The van der Waals surface area contributed by atoms with Gasteiger partial charge in [0, 0.05) is 18.0 Å². The molecule has 2 aliphatic rings. The first kappa shape index (κ1) is 6.17. The smallest absolute Gasteiger partial charge is 0.0325 e. The summed E-state index contributed by atoms with van der Waals surface area (Å²) in [7, 11) is 0. The Morgan fingerprint density at radius 2 is 2.60 bits per heavy atom. The van der Waals surface area contributed by atoms with Crippen molar-refractivity contribution in [2.75, 3.05) is 0 Å². The van der Waals surface area contributed by atoms with E-state index in [9.17, 15) is 0 Å². The second kappa shape index (κ2) is 1.96. The average Bonchev–Trinajstić information content (AvgIpc) is 2.64. The molecular formula is C9H13N. The minimum absolute atomic E-state index is 0.596. The number of hydrogen-bond donors (Lipinski definition) is 1. The van der Waals surface area contributed by atoms with Gasteiger partial charge in [-0.2, -0.15) is 0 Å². The van der Waals surface area contributed by atoms with E-state index in [1.807, 2.05) is 6.08 Å². The molecule has 0 spiro atoms. The third-order valence-corrected chi connectivity index (χ3v) is 2.44. The van der Waals surface area contributed by atoms with Crippen LogP contribution in [0.15, 0.2) is 24.3 Å². The molecule has 0 radical (unpaired) electrons. The Kier molecular flexibility index (Phi) is 1.21. The molecule has 0 amide bonds. The molecule has 1 heteroatoms. The van der Waals surface area contributed by atoms with Crippen molar-refractivity contribution in [1.29, 1.82) is 0 Å². The standard InChI is InChI=1S/C9H13N/c1-3-7-4-6(2)5-8-9(7)10-8/h3-4,7-10H,1,5H2,2H3/t7-,8-,9+/m0/s1. The molecule has 0 aromatic carbocycles. The fraction of sp³-hybridized carbons (Fsp3) is 0.556. The van der Waals surface area contributed by atoms with Crippen LogP contribution in [-0.2, 0) is 0 Å². The minimum atomic E-state index is 0.596. The van der Waals surface area contributed by atoms with Crippen LogP contribution in [0.25, 0.3) is 0 Å². The highest BCUT2D eigenvalue weighted by molar-refractivity contribution is 5.24. The Hall–Kier alpha value is -0.560. The van der Waals surface area contributed by atoms with Gasteiger partial charge >= 0.3 is 0 Å². The number of nitrogens with one attached hydrogen (secondary N) is 1. The first-order chi connectivity index (χ1) is 4.81. The van der Waals surface area contributed by atoms with Gasteiger partial charge in [-0.05, 0) is 13.3 Å². The molecular weight excluding hydrogens is 122 g/mol. The van der Waals surface area contributed by atoms with Crippen LogP contribution < -0.4 is 5.32 Å². The Bertz CT molecular complexity index is 193. The van der Waals surface area contributed by atoms with Crippen LogP contribution in [0.1, 0.15) is 13.3 Å². The largest absolute Gasteiger partial charge is 0.307 e. The summed E-state index contributed by atoms with van der Waals surface area (Å²) in [6.45, 7) is 6.01. The maximum atomic E-state index is 3.81. The zero-order valence-electron chi connectivity index (χ0n) is 6.30. The summed E-state index contributed by atoms with van der Waals surface area (Å²) in [5.74, 6) is 0.596. The highest BCUT2D eigenvalue weighted by Gasteiger charge is 2.42. The lowest BCUT2D eigenvalue weighted by Crippen LogP contribution is -2.11. The lowest BCUT2D eigenvalue weighted by atomic mass is 9.91. The summed E-state index contributed by atoms with van der Waals surface area (Å²) in [4.78, 5) is 0. The van der Waals surface area contributed by atoms with Gasteiger partial charge in [0.2, 0.25) is 0 Å². The molecule has 10 heavy (non-hydrogen) atoms. The van der Waals surface area contributed by atoms with E-state index in [0.29, 0.717) is 5.92 Å². The lowest BCUT2D eigenvalue weighted by Gasteiger charge is -2.12. The van der Waals surface area contributed by atoms with Crippen LogP contribution in [-0.4, -0.2) is 12.1 Å². The van der Waals surface area contributed by atoms with Crippen molar-refractivity contribution in [3.8, 4) is 0 Å². The van der Waals surface area contributed by atoms with E-state index in [1.54, 1.807) is 0 Å². The van der Waals surface area contributed by atoms with E-state index in [4.69, 9.17) is 0 Å². The van der Waals surface area contributed by atoms with E-state index in [2.05, 4.69) is 24.9 Å². The molecule has 0 bridgehead atoms. The maximum absolute atomic E-state index is 3.81. The highest BCUT2D eigenvalue weighted by Crippen LogP contribution is 2.33. The van der Waals surface area contributed by atoms with Crippen molar-refractivity contribution in [2.24, 2.45) is 5.92 Å². The monoisotopic (exact) mass is 135 g/mol. The lowest BCUT2D eigenvalue weighted by molar-refractivity contribution is 0.704. The van der Waals surface area contributed by atoms with Gasteiger partial charge in [-0.15, -0.1) is 6.58 Å². The van der Waals surface area contributed by atoms with Crippen molar-refractivity contribution in [3.63, 3.8) is 0 Å². The minimum Gasteiger partial charge on any atom is -0.307 e. The van der Waals surface area contributed by atoms with Crippen molar-refractivity contribution < 1.29 is 0 Å². The summed E-state index contributed by atoms with van der Waals surface area (Å²) < 4.78 is 0. The van der Waals surface area contributed by atoms with Crippen LogP contribution >= 0.6 is 0 Å². The van der Waals surface area contributed by atoms with Gasteiger partial charge in [-0.3, -0.25) is 0 Å². The van der Waals surface area contributed by atoms with Gasteiger partial charge in [-0.25, -0.2) is 0 Å². The molecule has 1 nitrogen and oxygen atoms in total. The van der Waals surface area contributed by atoms with Crippen molar-refractivity contribution >= 4 is 0 Å². The summed E-state index contributed by atoms with van der Waals surface area (Å²) in [6, 6.07) is 1.49. The fourth-order valence-corrected chi connectivity index (χ4v) is 1.82. The Labute approximate surface area is 61.8 Å². The molecule has 0 unspecified atom stereocenters. The maximum Gasteiger partial charge on any atom is 0.0325 e. The molecule has 2 rings (SSSR count). The zero-order chi connectivity index (χ0) is 7.14. The van der Waals surface area contributed by atoms with Crippen molar-refractivity contribution in [2.45, 2.75) is 25.4 Å². The van der Waals surface area contributed by atoms with Crippen LogP contribution in [0.3, 0.4) is 0 Å². The van der Waals surface area contributed by atoms with Crippen LogP contribution in [0.5, 0.6) is 0 Å². The Balaban J connectivity index is 2.18. The predicted octanol–water partition coefficient (Wildman–Crippen LogP) is 1.48. The summed E-state index contributed by atoms with van der Waals surface area (Å²) in [5.41, 5.74) is 1.51. The Morgan fingerprint density at radius 1 is 1.80 bits per heavy atom. The first-order valence-corrected chi connectivity index (χ1v) is 3.87. The molecule has 1 N–H and O–H groups in total. The number of fused-ring (bicyclic) bond motifs is 1. The van der Waals surface area contributed by atoms with Crippen LogP contribution in [0, 0.1) is 5.92 Å². The van der Waals surface area contributed by atoms with Gasteiger partial charge < -0.3 is 5.32 Å². The zero-order valence-corrected chi connectivity index (χ0v) is 6.30. The van der Waals surface area contributed by atoms with E-state index in [0.717, 1.165) is 12.1 Å². The van der Waals surface area contributed by atoms with Crippen LogP contribution in [0.2, 0.25) is 0 Å². The van der Waals surface area contributed by atoms with Gasteiger partial charge in [-0.1, -0.05) is 17.7 Å². The normalized spacial score (nSPS) is 43.7. The van der Waals surface area contributed by atoms with Gasteiger partial charge in [0.05, 0.1) is 0 Å². The summed E-state index contributed by atoms with van der Waals surface area (Å²) >= 11 is 0. The van der Waals surface area contributed by atoms with Crippen molar-refractivity contribution in [3.05, 3.63) is 24.3 Å². The third kappa shape index (κ3) is 0.816. The van der Waals surface area contributed by atoms with Gasteiger partial charge in [0.15, 0.2) is 0 Å².